The summed E-state index contributed by atoms with van der Waals surface area (Å²) < 4.78 is 43.4. The van der Waals surface area contributed by atoms with Gasteiger partial charge in [0.05, 0.1) is 42.1 Å². The molecule has 5 aromatic rings. The van der Waals surface area contributed by atoms with E-state index in [1.54, 1.807) is 29.3 Å². The number of alkyl carbamates (subject to hydrolysis) is 1. The van der Waals surface area contributed by atoms with Crippen LogP contribution >= 0.6 is 0 Å². The molecule has 2 saturated heterocycles. The van der Waals surface area contributed by atoms with E-state index < -0.39 is 29.8 Å². The monoisotopic (exact) mass is 805 g/mol. The fourth-order valence-corrected chi connectivity index (χ4v) is 9.68. The van der Waals surface area contributed by atoms with Crippen LogP contribution in [0.4, 0.5) is 18.4 Å². The van der Waals surface area contributed by atoms with Crippen LogP contribution in [0, 0.1) is 11.8 Å². The van der Waals surface area contributed by atoms with E-state index in [-0.39, 0.29) is 47.0 Å². The molecule has 3 amide bonds. The van der Waals surface area contributed by atoms with Gasteiger partial charge in [-0.2, -0.15) is 8.78 Å². The van der Waals surface area contributed by atoms with Crippen molar-refractivity contribution in [1.29, 1.82) is 0 Å². The van der Waals surface area contributed by atoms with Crippen molar-refractivity contribution in [1.82, 2.24) is 35.1 Å². The van der Waals surface area contributed by atoms with Gasteiger partial charge in [-0.3, -0.25) is 9.69 Å². The SMILES string of the molecule is COC(=O)NC(C(=O)N1[C@@H]2CC[C@@H](C2)[C@H]1c1nc2ccc(-c3ccc4c(c3)C(F)(F)c3cc(-c5cnc([C@@H]6CCCN6C(=O)OC(C)(C)C)[nH]5)ccc3-4)cc2[nH]1)C(C)C. The number of rotatable bonds is 7. The lowest BCUT2D eigenvalue weighted by Gasteiger charge is -2.37. The Morgan fingerprint density at radius 1 is 0.915 bits per heavy atom. The van der Waals surface area contributed by atoms with Crippen LogP contribution in [-0.4, -0.2) is 79.2 Å². The van der Waals surface area contributed by atoms with Gasteiger partial charge in [-0.15, -0.1) is 0 Å². The number of aromatic amines is 2. The summed E-state index contributed by atoms with van der Waals surface area (Å²) in [5.74, 6) is -2.05. The Balaban J connectivity index is 0.965. The number of piperidine rings is 1. The van der Waals surface area contributed by atoms with E-state index >= 15 is 8.78 Å². The third-order valence-electron chi connectivity index (χ3n) is 12.5. The number of methoxy groups -OCH3 is 1. The smallest absolute Gasteiger partial charge is 0.410 e. The predicted molar refractivity (Wildman–Crippen MR) is 217 cm³/mol. The number of fused-ring (bicyclic) bond motifs is 6. The van der Waals surface area contributed by atoms with Crippen molar-refractivity contribution in [2.75, 3.05) is 13.7 Å². The molecule has 2 aliphatic carbocycles. The Hall–Kier alpha value is -5.79. The summed E-state index contributed by atoms with van der Waals surface area (Å²) >= 11 is 0. The highest BCUT2D eigenvalue weighted by Crippen LogP contribution is 2.53. The lowest BCUT2D eigenvalue weighted by molar-refractivity contribution is -0.139. The van der Waals surface area contributed by atoms with Crippen LogP contribution in [0.25, 0.3) is 44.5 Å². The first-order chi connectivity index (χ1) is 28.1. The van der Waals surface area contributed by atoms with Crippen LogP contribution in [-0.2, 0) is 20.2 Å². The standard InChI is InChI=1S/C45H49F2N7O5/c1-23(2)37(52-42(56)58-6)41(55)54-28-13-9-27(18-28)38(54)40-49-33-16-12-25(21-34(33)50-40)24-10-14-29-30-15-11-26(20-32(30)45(46,47)31(29)19-24)35-22-48-39(51-35)36-8-7-17-53(36)43(57)59-44(3,4)5/h10-12,14-16,19-23,27-28,36-38H,7-9,13,17-18H2,1-6H3,(H,48,51)(H,49,50)(H,52,56)/t27-,28+,36-,37?,38-/m0/s1. The molecule has 0 spiro atoms. The molecule has 0 radical (unpaired) electrons. The molecule has 59 heavy (non-hydrogen) atoms. The number of alkyl halides is 2. The summed E-state index contributed by atoms with van der Waals surface area (Å²) in [4.78, 5) is 59.0. The second-order valence-corrected chi connectivity index (χ2v) is 17.7. The number of halogens is 2. The Morgan fingerprint density at radius 3 is 2.32 bits per heavy atom. The zero-order valence-corrected chi connectivity index (χ0v) is 34.1. The quantitative estimate of drug-likeness (QED) is 0.149. The molecule has 1 unspecified atom stereocenters. The summed E-state index contributed by atoms with van der Waals surface area (Å²) in [7, 11) is 1.28. The number of carbonyl (C=O) groups excluding carboxylic acids is 3. The fraction of sp³-hybridized carbons (Fsp3) is 0.444. The van der Waals surface area contributed by atoms with E-state index in [0.717, 1.165) is 43.2 Å². The molecule has 12 nitrogen and oxygen atoms in total. The van der Waals surface area contributed by atoms with Crippen LogP contribution in [0.15, 0.2) is 60.8 Å². The molecule has 3 fully saturated rings. The lowest BCUT2D eigenvalue weighted by atomic mass is 9.95. The summed E-state index contributed by atoms with van der Waals surface area (Å²) in [5, 5.41) is 2.73. The third-order valence-corrected chi connectivity index (χ3v) is 12.5. The number of hydrogen-bond donors (Lipinski definition) is 3. The maximum atomic E-state index is 16.5. The minimum absolute atomic E-state index is 0.0564. The van der Waals surface area contributed by atoms with Crippen LogP contribution in [0.2, 0.25) is 0 Å². The Morgan fingerprint density at radius 2 is 1.61 bits per heavy atom. The molecule has 4 aliphatic rings. The summed E-state index contributed by atoms with van der Waals surface area (Å²) in [6.07, 6.45) is 4.86. The molecule has 14 heteroatoms. The van der Waals surface area contributed by atoms with E-state index in [2.05, 4.69) is 20.3 Å². The maximum Gasteiger partial charge on any atom is 0.410 e. The van der Waals surface area contributed by atoms with Crippen LogP contribution in [0.5, 0.6) is 0 Å². The molecule has 5 atom stereocenters. The Kier molecular flexibility index (Phi) is 9.31. The molecule has 1 saturated carbocycles. The Bertz CT molecular complexity index is 2490. The van der Waals surface area contributed by atoms with Crippen LogP contribution < -0.4 is 5.32 Å². The number of carbonyl (C=O) groups is 3. The van der Waals surface area contributed by atoms with Crippen molar-refractivity contribution in [2.24, 2.45) is 11.8 Å². The lowest BCUT2D eigenvalue weighted by Crippen LogP contribution is -2.54. The van der Waals surface area contributed by atoms with Crippen molar-refractivity contribution in [3.63, 3.8) is 0 Å². The van der Waals surface area contributed by atoms with Gasteiger partial charge in [-0.25, -0.2) is 19.6 Å². The second-order valence-electron chi connectivity index (χ2n) is 17.7. The fourth-order valence-electron chi connectivity index (χ4n) is 9.68. The van der Waals surface area contributed by atoms with E-state index in [9.17, 15) is 14.4 Å². The van der Waals surface area contributed by atoms with Crippen molar-refractivity contribution in [2.45, 2.75) is 102 Å². The molecule has 308 valence electrons. The molecule has 3 aromatic carbocycles. The van der Waals surface area contributed by atoms with Gasteiger partial charge in [0.2, 0.25) is 5.91 Å². The van der Waals surface area contributed by atoms with Gasteiger partial charge in [0, 0.05) is 29.3 Å². The zero-order valence-electron chi connectivity index (χ0n) is 34.1. The molecule has 9 rings (SSSR count). The highest BCUT2D eigenvalue weighted by molar-refractivity contribution is 5.88. The van der Waals surface area contributed by atoms with Gasteiger partial charge >= 0.3 is 12.2 Å². The number of benzene rings is 3. The summed E-state index contributed by atoms with van der Waals surface area (Å²) in [5.41, 5.74) is 4.22. The average Bonchev–Trinajstić information content (AvgIpc) is 4.06. The molecule has 3 N–H and O–H groups in total. The second kappa shape index (κ2) is 14.2. The highest BCUT2D eigenvalue weighted by Gasteiger charge is 2.52. The number of nitrogens with zero attached hydrogens (tertiary/aromatic N) is 4. The third kappa shape index (κ3) is 6.70. The van der Waals surface area contributed by atoms with Gasteiger partial charge in [0.1, 0.15) is 23.3 Å². The largest absolute Gasteiger partial charge is 0.453 e. The number of hydrogen-bond acceptors (Lipinski definition) is 7. The van der Waals surface area contributed by atoms with Gasteiger partial charge in [0.25, 0.3) is 5.92 Å². The highest BCUT2D eigenvalue weighted by atomic mass is 19.3. The maximum absolute atomic E-state index is 16.5. The van der Waals surface area contributed by atoms with E-state index in [1.165, 1.54) is 13.2 Å². The normalized spacial score (nSPS) is 22.2. The first-order valence-corrected chi connectivity index (χ1v) is 20.5. The average molecular weight is 806 g/mol. The van der Waals surface area contributed by atoms with E-state index in [1.807, 2.05) is 69.9 Å². The minimum Gasteiger partial charge on any atom is -0.453 e. The van der Waals surface area contributed by atoms with E-state index in [4.69, 9.17) is 14.5 Å². The van der Waals surface area contributed by atoms with Crippen molar-refractivity contribution >= 4 is 29.1 Å². The molecule has 2 aliphatic heterocycles. The first kappa shape index (κ1) is 38.7. The van der Waals surface area contributed by atoms with Crippen molar-refractivity contribution in [3.8, 4) is 33.5 Å². The molecular weight excluding hydrogens is 757 g/mol. The number of aromatic nitrogens is 4. The number of imidazole rings is 2. The topological polar surface area (TPSA) is 146 Å². The van der Waals surface area contributed by atoms with Crippen molar-refractivity contribution < 1.29 is 32.6 Å². The van der Waals surface area contributed by atoms with Gasteiger partial charge in [0.15, 0.2) is 0 Å². The number of amides is 3. The number of ether oxygens (including phenoxy) is 2. The predicted octanol–water partition coefficient (Wildman–Crippen LogP) is 9.25. The van der Waals surface area contributed by atoms with Crippen molar-refractivity contribution in [3.05, 3.63) is 83.6 Å². The molecule has 2 bridgehead atoms. The number of H-pyrrole nitrogens is 2. The molecular formula is C45H49F2N7O5. The molecule has 2 aromatic heterocycles. The number of likely N-dealkylation sites (tertiary alicyclic amines) is 2. The Labute approximate surface area is 341 Å². The summed E-state index contributed by atoms with van der Waals surface area (Å²) in [6, 6.07) is 14.7. The first-order valence-electron chi connectivity index (χ1n) is 20.5. The van der Waals surface area contributed by atoms with Crippen LogP contribution in [0.1, 0.15) is 102 Å². The zero-order chi connectivity index (χ0) is 41.5. The summed E-state index contributed by atoms with van der Waals surface area (Å²) in [6.45, 7) is 9.83. The van der Waals surface area contributed by atoms with Gasteiger partial charge in [-0.1, -0.05) is 44.2 Å². The van der Waals surface area contributed by atoms with Gasteiger partial charge in [-0.05, 0) is 111 Å². The van der Waals surface area contributed by atoms with E-state index in [0.29, 0.717) is 51.7 Å². The molecule has 4 heterocycles. The van der Waals surface area contributed by atoms with Crippen LogP contribution in [0.3, 0.4) is 0 Å². The van der Waals surface area contributed by atoms with Gasteiger partial charge < -0.3 is 29.7 Å². The minimum atomic E-state index is -3.25. The number of nitrogens with one attached hydrogen (secondary N) is 3.